The molecule has 0 bridgehead atoms. The van der Waals surface area contributed by atoms with Crippen molar-refractivity contribution in [1.29, 1.82) is 0 Å². The van der Waals surface area contributed by atoms with Gasteiger partial charge in [0, 0.05) is 51.2 Å². The molecule has 3 heterocycles. The minimum absolute atomic E-state index is 0.0827. The van der Waals surface area contributed by atoms with Gasteiger partial charge in [-0.1, -0.05) is 12.1 Å². The first-order valence-electron chi connectivity index (χ1n) is 11.3. The molecule has 0 unspecified atom stereocenters. The molecule has 0 saturated carbocycles. The van der Waals surface area contributed by atoms with Crippen LogP contribution in [0.3, 0.4) is 0 Å². The molecule has 0 spiro atoms. The summed E-state index contributed by atoms with van der Waals surface area (Å²) >= 11 is 0. The van der Waals surface area contributed by atoms with Crippen LogP contribution in [0.4, 0.5) is 0 Å². The monoisotopic (exact) mass is 430 g/mol. The first-order valence-corrected chi connectivity index (χ1v) is 11.3. The number of β-amino-alcohol motifs (C(OH)–C–C–N with tert-alkyl or cyclic N) is 1. The number of aliphatic hydroxyl groups is 1. The van der Waals surface area contributed by atoms with E-state index < -0.39 is 0 Å². The van der Waals surface area contributed by atoms with E-state index in [1.165, 1.54) is 0 Å². The van der Waals surface area contributed by atoms with Crippen LogP contribution >= 0.6 is 0 Å². The number of carbonyl (C=O) groups excluding carboxylic acids is 2. The highest BCUT2D eigenvalue weighted by Gasteiger charge is 2.45. The maximum atomic E-state index is 13.0. The summed E-state index contributed by atoms with van der Waals surface area (Å²) in [6.45, 7) is 3.25. The Morgan fingerprint density at radius 2 is 2.00 bits per heavy atom. The zero-order chi connectivity index (χ0) is 22.0. The van der Waals surface area contributed by atoms with Gasteiger partial charge in [0.25, 0.3) is 0 Å². The van der Waals surface area contributed by atoms with Gasteiger partial charge < -0.3 is 20.1 Å². The summed E-state index contributed by atoms with van der Waals surface area (Å²) in [6, 6.07) is 8.11. The Kier molecular flexibility index (Phi) is 6.79. The molecular weight excluding hydrogens is 396 g/mol. The second-order valence-corrected chi connectivity index (χ2v) is 9.00. The van der Waals surface area contributed by atoms with Gasteiger partial charge in [0.15, 0.2) is 0 Å². The van der Waals surface area contributed by atoms with Crippen molar-refractivity contribution in [3.8, 4) is 5.75 Å². The molecule has 3 saturated heterocycles. The Bertz CT molecular complexity index is 786. The first-order chi connectivity index (χ1) is 15.0. The normalized spacial score (nSPS) is 29.5. The topological polar surface area (TPSA) is 85.3 Å². The van der Waals surface area contributed by atoms with Crippen LogP contribution in [0.25, 0.3) is 0 Å². The second kappa shape index (κ2) is 9.54. The average molecular weight is 431 g/mol. The highest BCUT2D eigenvalue weighted by atomic mass is 16.5. The number of hydrogen-bond donors (Lipinski definition) is 2. The van der Waals surface area contributed by atoms with Crippen LogP contribution in [0.15, 0.2) is 24.3 Å². The largest absolute Gasteiger partial charge is 0.497 e. The van der Waals surface area contributed by atoms with E-state index in [4.69, 9.17) is 4.74 Å². The van der Waals surface area contributed by atoms with E-state index in [1.54, 1.807) is 12.0 Å². The smallest absolute Gasteiger partial charge is 0.239 e. The fourth-order valence-corrected chi connectivity index (χ4v) is 5.21. The number of rotatable bonds is 6. The van der Waals surface area contributed by atoms with Crippen molar-refractivity contribution >= 4 is 11.8 Å². The van der Waals surface area contributed by atoms with Crippen LogP contribution in [-0.2, 0) is 16.1 Å². The Morgan fingerprint density at radius 1 is 1.23 bits per heavy atom. The van der Waals surface area contributed by atoms with Gasteiger partial charge in [-0.2, -0.15) is 0 Å². The molecule has 2 amide bonds. The van der Waals surface area contributed by atoms with Gasteiger partial charge >= 0.3 is 0 Å². The number of fused-ring (bicyclic) bond motifs is 1. The van der Waals surface area contributed by atoms with Crippen molar-refractivity contribution in [2.45, 2.75) is 56.5 Å². The van der Waals surface area contributed by atoms with Gasteiger partial charge in [0.05, 0.1) is 13.2 Å². The summed E-state index contributed by atoms with van der Waals surface area (Å²) in [5, 5.41) is 12.8. The lowest BCUT2D eigenvalue weighted by atomic mass is 10.0. The third-order valence-corrected chi connectivity index (χ3v) is 7.10. The number of methoxy groups -OCH3 is 1. The molecule has 3 fully saturated rings. The third-order valence-electron chi connectivity index (χ3n) is 7.10. The molecule has 170 valence electrons. The highest BCUT2D eigenvalue weighted by Crippen LogP contribution is 2.29. The van der Waals surface area contributed by atoms with Gasteiger partial charge in [-0.05, 0) is 44.0 Å². The molecule has 3 aliphatic heterocycles. The van der Waals surface area contributed by atoms with Crippen LogP contribution in [0.2, 0.25) is 0 Å². The van der Waals surface area contributed by atoms with Crippen LogP contribution in [-0.4, -0.2) is 96.2 Å². The van der Waals surface area contributed by atoms with Crippen molar-refractivity contribution in [2.24, 2.45) is 0 Å². The highest BCUT2D eigenvalue weighted by molar-refractivity contribution is 5.83. The Hall–Kier alpha value is -2.16. The molecule has 1 aromatic rings. The molecular formula is C23H34N4O4. The fourth-order valence-electron chi connectivity index (χ4n) is 5.21. The third kappa shape index (κ3) is 4.86. The molecule has 3 aliphatic rings. The van der Waals surface area contributed by atoms with E-state index in [2.05, 4.69) is 22.2 Å². The predicted molar refractivity (Wildman–Crippen MR) is 117 cm³/mol. The van der Waals surface area contributed by atoms with E-state index in [0.29, 0.717) is 38.9 Å². The average Bonchev–Trinajstić information content (AvgIpc) is 3.37. The van der Waals surface area contributed by atoms with E-state index in [9.17, 15) is 14.7 Å². The number of nitrogens with zero attached hydrogens (tertiary/aromatic N) is 3. The molecule has 4 rings (SSSR count). The summed E-state index contributed by atoms with van der Waals surface area (Å²) in [5.74, 6) is 1.01. The number of likely N-dealkylation sites (N-methyl/N-ethyl adjacent to an activating group) is 1. The molecule has 0 radical (unpaired) electrons. The van der Waals surface area contributed by atoms with E-state index >= 15 is 0 Å². The minimum Gasteiger partial charge on any atom is -0.497 e. The lowest BCUT2D eigenvalue weighted by Gasteiger charge is -2.33. The fraction of sp³-hybridized carbons (Fsp3) is 0.652. The summed E-state index contributed by atoms with van der Waals surface area (Å²) in [7, 11) is 3.74. The number of ether oxygens (including phenoxy) is 1. The number of nitrogens with one attached hydrogen (secondary N) is 1. The Labute approximate surface area is 184 Å². The molecule has 0 aliphatic carbocycles. The van der Waals surface area contributed by atoms with Crippen LogP contribution in [0.1, 0.15) is 31.2 Å². The summed E-state index contributed by atoms with van der Waals surface area (Å²) in [4.78, 5) is 31.8. The lowest BCUT2D eigenvalue weighted by molar-refractivity contribution is -0.131. The summed E-state index contributed by atoms with van der Waals surface area (Å²) in [5.41, 5.74) is 1.16. The predicted octanol–water partition coefficient (Wildman–Crippen LogP) is 0.442. The summed E-state index contributed by atoms with van der Waals surface area (Å²) < 4.78 is 5.24. The molecule has 8 nitrogen and oxygen atoms in total. The van der Waals surface area contributed by atoms with E-state index in [1.807, 2.05) is 24.3 Å². The molecule has 8 heteroatoms. The van der Waals surface area contributed by atoms with E-state index in [0.717, 1.165) is 30.8 Å². The SMILES string of the molecule is COc1ccc(CN2CC[C@H]3[C@H]2C(=O)NC[C@H](CCC(=O)N2CC[C@@H](O)C2)N3C)cc1. The second-order valence-electron chi connectivity index (χ2n) is 9.00. The van der Waals surface area contributed by atoms with Crippen LogP contribution in [0, 0.1) is 0 Å². The molecule has 2 N–H and O–H groups in total. The maximum Gasteiger partial charge on any atom is 0.239 e. The number of aliphatic hydroxyl groups excluding tert-OH is 1. The standard InChI is InChI=1S/C23H34N4O4/c1-25-17(5-8-21(29)26-11-9-18(28)15-26)13-24-23(30)22-20(25)10-12-27(22)14-16-3-6-19(31-2)7-4-16/h3-4,6-7,17-18,20,22,28H,5,8-15H2,1-2H3,(H,24,30)/t17-,18+,20-,22-/m0/s1. The van der Waals surface area contributed by atoms with Gasteiger partial charge in [-0.15, -0.1) is 0 Å². The number of likely N-dealkylation sites (tertiary alicyclic amines) is 2. The molecule has 31 heavy (non-hydrogen) atoms. The maximum absolute atomic E-state index is 13.0. The Balaban J connectivity index is 1.37. The van der Waals surface area contributed by atoms with Gasteiger partial charge in [-0.3, -0.25) is 19.4 Å². The van der Waals surface area contributed by atoms with Crippen molar-refractivity contribution in [3.63, 3.8) is 0 Å². The first kappa shape index (κ1) is 22.0. The minimum atomic E-state index is -0.389. The molecule has 4 atom stereocenters. The van der Waals surface area contributed by atoms with Crippen LogP contribution < -0.4 is 10.1 Å². The Morgan fingerprint density at radius 3 is 2.68 bits per heavy atom. The van der Waals surface area contributed by atoms with Crippen molar-refractivity contribution in [3.05, 3.63) is 29.8 Å². The van der Waals surface area contributed by atoms with Gasteiger partial charge in [-0.25, -0.2) is 0 Å². The zero-order valence-corrected chi connectivity index (χ0v) is 18.5. The van der Waals surface area contributed by atoms with Gasteiger partial charge in [0.1, 0.15) is 11.8 Å². The molecule has 0 aromatic heterocycles. The lowest BCUT2D eigenvalue weighted by Crippen LogP contribution is -2.49. The van der Waals surface area contributed by atoms with E-state index in [-0.39, 0.29) is 36.0 Å². The van der Waals surface area contributed by atoms with Gasteiger partial charge in [0.2, 0.25) is 11.8 Å². The quantitative estimate of drug-likeness (QED) is 0.681. The summed E-state index contributed by atoms with van der Waals surface area (Å²) in [6.07, 6.45) is 2.38. The number of hydrogen-bond acceptors (Lipinski definition) is 6. The number of amides is 2. The zero-order valence-electron chi connectivity index (χ0n) is 18.5. The van der Waals surface area contributed by atoms with Crippen molar-refractivity contribution in [2.75, 3.05) is 40.3 Å². The van der Waals surface area contributed by atoms with Crippen LogP contribution in [0.5, 0.6) is 5.75 Å². The number of carbonyl (C=O) groups is 2. The van der Waals surface area contributed by atoms with Crippen molar-refractivity contribution < 1.29 is 19.4 Å². The molecule has 1 aromatic carbocycles. The number of benzene rings is 1. The van der Waals surface area contributed by atoms with Crippen molar-refractivity contribution in [1.82, 2.24) is 20.0 Å².